The standard InChI is InChI=1S/C11H21Cl3O2Si/c1-6-7-10(2,3)17(4,5)9(16-8-15)11(12,13)14/h8-9H,6-7H2,1-5H3. The molecule has 17 heavy (non-hydrogen) atoms. The predicted octanol–water partition coefficient (Wildman–Crippen LogP) is 4.73. The quantitative estimate of drug-likeness (QED) is 0.402. The highest BCUT2D eigenvalue weighted by Crippen LogP contribution is 2.49. The van der Waals surface area contributed by atoms with Gasteiger partial charge in [0.1, 0.15) is 13.8 Å². The molecular formula is C11H21Cl3O2Si. The molecule has 1 unspecified atom stereocenters. The lowest BCUT2D eigenvalue weighted by Gasteiger charge is -2.46. The molecule has 0 aliphatic heterocycles. The molecule has 0 saturated carbocycles. The third kappa shape index (κ3) is 4.30. The summed E-state index contributed by atoms with van der Waals surface area (Å²) in [6.07, 6.45) is 2.07. The van der Waals surface area contributed by atoms with Gasteiger partial charge >= 0.3 is 0 Å². The first kappa shape index (κ1) is 17.6. The normalized spacial score (nSPS) is 15.5. The van der Waals surface area contributed by atoms with E-state index in [1.165, 1.54) is 0 Å². The van der Waals surface area contributed by atoms with Crippen molar-refractivity contribution in [1.29, 1.82) is 0 Å². The van der Waals surface area contributed by atoms with E-state index in [1.807, 2.05) is 0 Å². The second-order valence-electron chi connectivity index (χ2n) is 5.51. The van der Waals surface area contributed by atoms with E-state index >= 15 is 0 Å². The van der Waals surface area contributed by atoms with Gasteiger partial charge in [-0.3, -0.25) is 4.79 Å². The first-order valence-corrected chi connectivity index (χ1v) is 9.87. The number of rotatable bonds is 6. The van der Waals surface area contributed by atoms with E-state index in [2.05, 4.69) is 33.9 Å². The molecule has 0 saturated heterocycles. The van der Waals surface area contributed by atoms with Gasteiger partial charge in [0.25, 0.3) is 6.47 Å². The number of carbonyl (C=O) groups excluding carboxylic acids is 1. The Morgan fingerprint density at radius 3 is 2.06 bits per heavy atom. The number of halogens is 3. The Hall–Kier alpha value is 0.557. The van der Waals surface area contributed by atoms with Crippen LogP contribution in [0.3, 0.4) is 0 Å². The van der Waals surface area contributed by atoms with Crippen LogP contribution in [-0.4, -0.2) is 24.1 Å². The summed E-state index contributed by atoms with van der Waals surface area (Å²) in [5.41, 5.74) is -0.640. The van der Waals surface area contributed by atoms with Crippen LogP contribution in [0.2, 0.25) is 18.1 Å². The Balaban J connectivity index is 5.27. The summed E-state index contributed by atoms with van der Waals surface area (Å²) in [7, 11) is -2.09. The summed E-state index contributed by atoms with van der Waals surface area (Å²) in [6.45, 7) is 11.0. The van der Waals surface area contributed by atoms with E-state index in [0.717, 1.165) is 12.8 Å². The van der Waals surface area contributed by atoms with Crippen molar-refractivity contribution in [2.24, 2.45) is 0 Å². The first-order chi connectivity index (χ1) is 7.50. The summed E-state index contributed by atoms with van der Waals surface area (Å²) in [5, 5.41) is 0.0271. The Morgan fingerprint density at radius 2 is 1.76 bits per heavy atom. The van der Waals surface area contributed by atoms with Crippen LogP contribution in [0, 0.1) is 0 Å². The summed E-state index contributed by atoms with van der Waals surface area (Å²) in [4.78, 5) is 10.6. The van der Waals surface area contributed by atoms with Crippen molar-refractivity contribution in [3.63, 3.8) is 0 Å². The van der Waals surface area contributed by atoms with Gasteiger partial charge in [-0.25, -0.2) is 0 Å². The fraction of sp³-hybridized carbons (Fsp3) is 0.909. The van der Waals surface area contributed by atoms with Crippen LogP contribution >= 0.6 is 34.8 Å². The van der Waals surface area contributed by atoms with E-state index in [4.69, 9.17) is 39.5 Å². The highest BCUT2D eigenvalue weighted by atomic mass is 35.6. The molecule has 0 spiro atoms. The van der Waals surface area contributed by atoms with Crippen molar-refractivity contribution < 1.29 is 9.53 Å². The maximum atomic E-state index is 10.6. The molecule has 0 radical (unpaired) electrons. The van der Waals surface area contributed by atoms with Crippen LogP contribution in [0.1, 0.15) is 33.6 Å². The van der Waals surface area contributed by atoms with E-state index in [9.17, 15) is 4.79 Å². The topological polar surface area (TPSA) is 26.3 Å². The van der Waals surface area contributed by atoms with Gasteiger partial charge in [0.05, 0.1) is 0 Å². The van der Waals surface area contributed by atoms with Crippen LogP contribution in [0.15, 0.2) is 0 Å². The molecule has 0 aromatic carbocycles. The average molecular weight is 320 g/mol. The van der Waals surface area contributed by atoms with Gasteiger partial charge in [-0.1, -0.05) is 81.5 Å². The van der Waals surface area contributed by atoms with E-state index in [0.29, 0.717) is 6.47 Å². The van der Waals surface area contributed by atoms with Crippen LogP contribution in [0.25, 0.3) is 0 Å². The molecule has 0 heterocycles. The van der Waals surface area contributed by atoms with Crippen molar-refractivity contribution in [3.05, 3.63) is 0 Å². The molecule has 6 heteroatoms. The average Bonchev–Trinajstić information content (AvgIpc) is 2.11. The molecule has 0 rings (SSSR count). The van der Waals surface area contributed by atoms with E-state index < -0.39 is 17.6 Å². The number of hydrogen-bond donors (Lipinski definition) is 0. The molecule has 0 aliphatic rings. The minimum absolute atomic E-state index is 0.0271. The van der Waals surface area contributed by atoms with Crippen molar-refractivity contribution in [2.75, 3.05) is 0 Å². The van der Waals surface area contributed by atoms with Gasteiger partial charge < -0.3 is 4.74 Å². The lowest BCUT2D eigenvalue weighted by atomic mass is 10.1. The Labute approximate surface area is 120 Å². The number of alkyl halides is 3. The van der Waals surface area contributed by atoms with Crippen molar-refractivity contribution >= 4 is 49.3 Å². The van der Waals surface area contributed by atoms with Gasteiger partial charge in [-0.05, 0) is 5.04 Å². The molecule has 1 atom stereocenters. The molecule has 0 aliphatic carbocycles. The fourth-order valence-electron chi connectivity index (χ4n) is 2.01. The third-order valence-corrected chi connectivity index (χ3v) is 10.5. The van der Waals surface area contributed by atoms with E-state index in [1.54, 1.807) is 0 Å². The third-order valence-electron chi connectivity index (χ3n) is 3.76. The first-order valence-electron chi connectivity index (χ1n) is 5.66. The van der Waals surface area contributed by atoms with Crippen LogP contribution in [-0.2, 0) is 9.53 Å². The second kappa shape index (κ2) is 6.13. The van der Waals surface area contributed by atoms with Crippen molar-refractivity contribution in [1.82, 2.24) is 0 Å². The van der Waals surface area contributed by atoms with Gasteiger partial charge in [-0.15, -0.1) is 0 Å². The minimum Gasteiger partial charge on any atom is -0.464 e. The summed E-state index contributed by atoms with van der Waals surface area (Å²) in [6, 6.07) is 0. The van der Waals surface area contributed by atoms with Crippen LogP contribution < -0.4 is 0 Å². The van der Waals surface area contributed by atoms with Crippen molar-refractivity contribution in [3.8, 4) is 0 Å². The Kier molecular flexibility index (Phi) is 6.34. The molecule has 102 valence electrons. The molecule has 0 fully saturated rings. The van der Waals surface area contributed by atoms with Crippen LogP contribution in [0.5, 0.6) is 0 Å². The number of hydrogen-bond acceptors (Lipinski definition) is 2. The minimum atomic E-state index is -2.09. The largest absolute Gasteiger partial charge is 0.464 e. The predicted molar refractivity (Wildman–Crippen MR) is 77.7 cm³/mol. The number of carbonyl (C=O) groups is 1. The zero-order valence-electron chi connectivity index (χ0n) is 11.0. The summed E-state index contributed by atoms with van der Waals surface area (Å²) < 4.78 is 3.52. The van der Waals surface area contributed by atoms with Gasteiger partial charge in [0, 0.05) is 0 Å². The fourth-order valence-corrected chi connectivity index (χ4v) is 7.44. The maximum absolute atomic E-state index is 10.6. The SMILES string of the molecule is CCCC(C)(C)[Si](C)(C)C(OC=O)C(Cl)(Cl)Cl. The Bertz CT molecular complexity index is 262. The highest BCUT2D eigenvalue weighted by Gasteiger charge is 2.53. The molecule has 0 aromatic rings. The van der Waals surface area contributed by atoms with Gasteiger partial charge in [0.15, 0.2) is 0 Å². The molecule has 0 bridgehead atoms. The lowest BCUT2D eigenvalue weighted by Crippen LogP contribution is -2.57. The molecule has 0 amide bonds. The number of ether oxygens (including phenoxy) is 1. The Morgan fingerprint density at radius 1 is 1.29 bits per heavy atom. The van der Waals surface area contributed by atoms with Crippen LogP contribution in [0.4, 0.5) is 0 Å². The molecule has 0 aromatic heterocycles. The van der Waals surface area contributed by atoms with Gasteiger partial charge in [0.2, 0.25) is 3.79 Å². The second-order valence-corrected chi connectivity index (χ2v) is 13.2. The smallest absolute Gasteiger partial charge is 0.293 e. The molecule has 0 N–H and O–H groups in total. The lowest BCUT2D eigenvalue weighted by molar-refractivity contribution is -0.130. The zero-order valence-corrected chi connectivity index (χ0v) is 14.3. The summed E-state index contributed by atoms with van der Waals surface area (Å²) >= 11 is 17.9. The zero-order chi connectivity index (χ0) is 13.9. The molecule has 2 nitrogen and oxygen atoms in total. The monoisotopic (exact) mass is 318 g/mol. The summed E-state index contributed by atoms with van der Waals surface area (Å²) in [5.74, 6) is 0. The highest BCUT2D eigenvalue weighted by molar-refractivity contribution is 6.86. The van der Waals surface area contributed by atoms with E-state index in [-0.39, 0.29) is 5.04 Å². The maximum Gasteiger partial charge on any atom is 0.293 e. The molecular weight excluding hydrogens is 299 g/mol. The van der Waals surface area contributed by atoms with Gasteiger partial charge in [-0.2, -0.15) is 0 Å². The van der Waals surface area contributed by atoms with Crippen molar-refractivity contribution in [2.45, 2.75) is 61.3 Å².